The number of rotatable bonds is 6. The fourth-order valence-electron chi connectivity index (χ4n) is 2.05. The van der Waals surface area contributed by atoms with E-state index in [1.807, 2.05) is 24.3 Å². The van der Waals surface area contributed by atoms with Gasteiger partial charge in [0.05, 0.1) is 5.56 Å². The fraction of sp³-hybridized carbons (Fsp3) is 0.188. The van der Waals surface area contributed by atoms with Crippen LogP contribution in [-0.4, -0.2) is 21.2 Å². The van der Waals surface area contributed by atoms with Gasteiger partial charge in [0.2, 0.25) is 10.0 Å². The molecular formula is C16H16BrNO4S. The molecule has 23 heavy (non-hydrogen) atoms. The lowest BCUT2D eigenvalue weighted by atomic mass is 10.1. The van der Waals surface area contributed by atoms with Gasteiger partial charge in [-0.3, -0.25) is 4.79 Å². The molecular weight excluding hydrogens is 382 g/mol. The number of ether oxygens (including phenoxy) is 1. The number of benzene rings is 2. The van der Waals surface area contributed by atoms with Crippen LogP contribution in [0.25, 0.3) is 0 Å². The number of nitrogens with one attached hydrogen (secondary N) is 1. The van der Waals surface area contributed by atoms with Crippen LogP contribution in [0.5, 0.6) is 5.75 Å². The summed E-state index contributed by atoms with van der Waals surface area (Å²) in [5, 5.41) is 0. The van der Waals surface area contributed by atoms with E-state index in [2.05, 4.69) is 20.7 Å². The molecule has 2 aromatic rings. The Hall–Kier alpha value is -1.70. The van der Waals surface area contributed by atoms with Crippen molar-refractivity contribution < 1.29 is 17.9 Å². The van der Waals surface area contributed by atoms with Gasteiger partial charge in [0.1, 0.15) is 11.5 Å². The minimum absolute atomic E-state index is 0.0531. The summed E-state index contributed by atoms with van der Waals surface area (Å²) in [6, 6.07) is 11.9. The summed E-state index contributed by atoms with van der Waals surface area (Å²) in [5.41, 5.74) is 1.09. The van der Waals surface area contributed by atoms with Crippen LogP contribution in [0.4, 0.5) is 0 Å². The molecule has 5 nitrogen and oxygen atoms in total. The Labute approximate surface area is 143 Å². The second-order valence-electron chi connectivity index (χ2n) is 4.82. The van der Waals surface area contributed by atoms with E-state index < -0.39 is 10.0 Å². The number of hydrogen-bond donors (Lipinski definition) is 1. The molecule has 0 aliphatic heterocycles. The van der Waals surface area contributed by atoms with Gasteiger partial charge in [-0.15, -0.1) is 0 Å². The number of carbonyl (C=O) groups excluding carboxylic acids is 1. The Morgan fingerprint density at radius 2 is 1.91 bits per heavy atom. The minimum atomic E-state index is -3.73. The predicted octanol–water partition coefficient (Wildman–Crippen LogP) is 3.14. The molecule has 1 N–H and O–H groups in total. The van der Waals surface area contributed by atoms with Gasteiger partial charge in [-0.25, -0.2) is 13.1 Å². The molecule has 0 bridgehead atoms. The lowest BCUT2D eigenvalue weighted by molar-refractivity contribution is 0.101. The maximum atomic E-state index is 12.2. The molecule has 0 heterocycles. The standard InChI is InChI=1S/C16H16BrNO4S/c1-11(19)14-7-4-8-15(23(20,21)18-2)16(14)22-10-12-5-3-6-13(17)9-12/h3-9,18H,10H2,1-2H3. The number of sulfonamides is 1. The number of hydrogen-bond acceptors (Lipinski definition) is 4. The fourth-order valence-corrected chi connectivity index (χ4v) is 3.38. The van der Waals surface area contributed by atoms with Crippen molar-refractivity contribution in [3.63, 3.8) is 0 Å². The molecule has 0 saturated carbocycles. The third kappa shape index (κ3) is 4.19. The number of para-hydroxylation sites is 1. The van der Waals surface area contributed by atoms with Crippen LogP contribution in [0.1, 0.15) is 22.8 Å². The van der Waals surface area contributed by atoms with Crippen LogP contribution in [0.2, 0.25) is 0 Å². The summed E-state index contributed by atoms with van der Waals surface area (Å²) in [6.07, 6.45) is 0. The smallest absolute Gasteiger partial charge is 0.244 e. The Morgan fingerprint density at radius 3 is 2.52 bits per heavy atom. The van der Waals surface area contributed by atoms with Crippen LogP contribution < -0.4 is 9.46 Å². The van der Waals surface area contributed by atoms with Crippen molar-refractivity contribution in [3.05, 3.63) is 58.1 Å². The van der Waals surface area contributed by atoms with Crippen LogP contribution in [0, 0.1) is 0 Å². The van der Waals surface area contributed by atoms with E-state index in [9.17, 15) is 13.2 Å². The van der Waals surface area contributed by atoms with E-state index in [1.54, 1.807) is 6.07 Å². The number of ketones is 1. The predicted molar refractivity (Wildman–Crippen MR) is 91.2 cm³/mol. The van der Waals surface area contributed by atoms with E-state index in [0.29, 0.717) is 0 Å². The maximum absolute atomic E-state index is 12.2. The van der Waals surface area contributed by atoms with Gasteiger partial charge in [0.15, 0.2) is 11.5 Å². The summed E-state index contributed by atoms with van der Waals surface area (Å²) in [6.45, 7) is 1.52. The van der Waals surface area contributed by atoms with Crippen molar-refractivity contribution in [2.45, 2.75) is 18.4 Å². The SMILES string of the molecule is CNS(=O)(=O)c1cccc(C(C)=O)c1OCc1cccc(Br)c1. The molecule has 0 fully saturated rings. The second-order valence-corrected chi connectivity index (χ2v) is 7.59. The van der Waals surface area contributed by atoms with E-state index in [1.165, 1.54) is 26.1 Å². The molecule has 0 amide bonds. The van der Waals surface area contributed by atoms with E-state index in [-0.39, 0.29) is 28.6 Å². The molecule has 0 radical (unpaired) electrons. The van der Waals surface area contributed by atoms with Crippen LogP contribution in [-0.2, 0) is 16.6 Å². The van der Waals surface area contributed by atoms with Crippen LogP contribution in [0.15, 0.2) is 51.8 Å². The van der Waals surface area contributed by atoms with Crippen molar-refractivity contribution in [1.29, 1.82) is 0 Å². The average Bonchev–Trinajstić information content (AvgIpc) is 2.52. The van der Waals surface area contributed by atoms with Crippen molar-refractivity contribution in [3.8, 4) is 5.75 Å². The number of Topliss-reactive ketones (excluding diaryl/α,β-unsaturated/α-hetero) is 1. The summed E-state index contributed by atoms with van der Waals surface area (Å²) in [5.74, 6) is -0.197. The monoisotopic (exact) mass is 397 g/mol. The van der Waals surface area contributed by atoms with Crippen molar-refractivity contribution >= 4 is 31.7 Å². The first-order chi connectivity index (χ1) is 10.8. The van der Waals surface area contributed by atoms with E-state index in [0.717, 1.165) is 10.0 Å². The van der Waals surface area contributed by atoms with E-state index in [4.69, 9.17) is 4.74 Å². The quantitative estimate of drug-likeness (QED) is 0.759. The first-order valence-corrected chi connectivity index (χ1v) is 9.07. The molecule has 0 aromatic heterocycles. The van der Waals surface area contributed by atoms with Gasteiger partial charge >= 0.3 is 0 Å². The van der Waals surface area contributed by atoms with Crippen molar-refractivity contribution in [1.82, 2.24) is 4.72 Å². The van der Waals surface area contributed by atoms with Gasteiger partial charge in [-0.1, -0.05) is 34.1 Å². The first kappa shape index (κ1) is 17.7. The molecule has 0 atom stereocenters. The minimum Gasteiger partial charge on any atom is -0.487 e. The molecule has 0 saturated heterocycles. The normalized spacial score (nSPS) is 11.3. The Morgan fingerprint density at radius 1 is 1.22 bits per heavy atom. The highest BCUT2D eigenvalue weighted by Gasteiger charge is 2.22. The highest BCUT2D eigenvalue weighted by Crippen LogP contribution is 2.29. The summed E-state index contributed by atoms with van der Waals surface area (Å²) in [4.78, 5) is 11.7. The summed E-state index contributed by atoms with van der Waals surface area (Å²) < 4.78 is 33.1. The van der Waals surface area contributed by atoms with Gasteiger partial charge in [0, 0.05) is 4.47 Å². The molecule has 0 aliphatic rings. The topological polar surface area (TPSA) is 72.5 Å². The lowest BCUT2D eigenvalue weighted by Crippen LogP contribution is -2.20. The summed E-state index contributed by atoms with van der Waals surface area (Å²) in [7, 11) is -2.42. The Balaban J connectivity index is 2.44. The molecule has 2 aromatic carbocycles. The highest BCUT2D eigenvalue weighted by atomic mass is 79.9. The van der Waals surface area contributed by atoms with Gasteiger partial charge in [-0.2, -0.15) is 0 Å². The van der Waals surface area contributed by atoms with Crippen molar-refractivity contribution in [2.75, 3.05) is 7.05 Å². The zero-order valence-corrected chi connectivity index (χ0v) is 15.1. The van der Waals surface area contributed by atoms with Gasteiger partial charge < -0.3 is 4.74 Å². The third-order valence-corrected chi connectivity index (χ3v) is 5.12. The number of carbonyl (C=O) groups is 1. The summed E-state index contributed by atoms with van der Waals surface area (Å²) >= 11 is 3.37. The second kappa shape index (κ2) is 7.25. The molecule has 2 rings (SSSR count). The molecule has 0 aliphatic carbocycles. The van der Waals surface area contributed by atoms with Gasteiger partial charge in [0.25, 0.3) is 0 Å². The Kier molecular flexibility index (Phi) is 5.56. The molecule has 0 spiro atoms. The molecule has 122 valence electrons. The average molecular weight is 398 g/mol. The molecule has 7 heteroatoms. The highest BCUT2D eigenvalue weighted by molar-refractivity contribution is 9.10. The first-order valence-electron chi connectivity index (χ1n) is 6.80. The van der Waals surface area contributed by atoms with Crippen LogP contribution >= 0.6 is 15.9 Å². The number of halogens is 1. The third-order valence-electron chi connectivity index (χ3n) is 3.19. The largest absolute Gasteiger partial charge is 0.487 e. The van der Waals surface area contributed by atoms with E-state index >= 15 is 0 Å². The van der Waals surface area contributed by atoms with Gasteiger partial charge in [-0.05, 0) is 43.8 Å². The van der Waals surface area contributed by atoms with Crippen molar-refractivity contribution in [2.24, 2.45) is 0 Å². The lowest BCUT2D eigenvalue weighted by Gasteiger charge is -2.14. The Bertz CT molecular complexity index is 834. The zero-order chi connectivity index (χ0) is 17.0. The van der Waals surface area contributed by atoms with Crippen LogP contribution in [0.3, 0.4) is 0 Å². The zero-order valence-electron chi connectivity index (χ0n) is 12.7. The molecule has 0 unspecified atom stereocenters. The maximum Gasteiger partial charge on any atom is 0.244 e.